The Labute approximate surface area is 113 Å². The SMILES string of the molecule is CCOP(=O)(OCC)c1ccc(C(=O)C2CC2)cc1. The van der Waals surface area contributed by atoms with Gasteiger partial charge in [-0.15, -0.1) is 0 Å². The minimum Gasteiger partial charge on any atom is -0.305 e. The molecule has 4 nitrogen and oxygen atoms in total. The van der Waals surface area contributed by atoms with Crippen LogP contribution in [0.4, 0.5) is 0 Å². The molecule has 1 aromatic rings. The maximum atomic E-state index is 12.5. The summed E-state index contributed by atoms with van der Waals surface area (Å²) in [7, 11) is -3.24. The summed E-state index contributed by atoms with van der Waals surface area (Å²) in [4.78, 5) is 11.9. The van der Waals surface area contributed by atoms with Crippen molar-refractivity contribution in [2.75, 3.05) is 13.2 Å². The number of ketones is 1. The maximum Gasteiger partial charge on any atom is 0.361 e. The number of carbonyl (C=O) groups excluding carboxylic acids is 1. The van der Waals surface area contributed by atoms with Crippen LogP contribution in [0.25, 0.3) is 0 Å². The highest BCUT2D eigenvalue weighted by atomic mass is 31.2. The normalized spacial score (nSPS) is 15.5. The van der Waals surface area contributed by atoms with E-state index < -0.39 is 7.60 Å². The summed E-state index contributed by atoms with van der Waals surface area (Å²) < 4.78 is 23.0. The molecule has 0 amide bonds. The summed E-state index contributed by atoms with van der Waals surface area (Å²) in [6.07, 6.45) is 1.97. The average Bonchev–Trinajstić information content (AvgIpc) is 3.23. The van der Waals surface area contributed by atoms with Gasteiger partial charge in [-0.25, -0.2) is 0 Å². The lowest BCUT2D eigenvalue weighted by molar-refractivity contribution is 0.0967. The van der Waals surface area contributed by atoms with Gasteiger partial charge in [-0.2, -0.15) is 0 Å². The van der Waals surface area contributed by atoms with Gasteiger partial charge >= 0.3 is 7.60 Å². The molecular weight excluding hydrogens is 263 g/mol. The van der Waals surface area contributed by atoms with E-state index in [2.05, 4.69) is 0 Å². The van der Waals surface area contributed by atoms with Crippen molar-refractivity contribution in [3.05, 3.63) is 29.8 Å². The van der Waals surface area contributed by atoms with E-state index in [4.69, 9.17) is 9.05 Å². The zero-order chi connectivity index (χ0) is 13.9. The number of hydrogen-bond acceptors (Lipinski definition) is 4. The largest absolute Gasteiger partial charge is 0.361 e. The fraction of sp³-hybridized carbons (Fsp3) is 0.500. The van der Waals surface area contributed by atoms with Crippen LogP contribution in [0.3, 0.4) is 0 Å². The fourth-order valence-electron chi connectivity index (χ4n) is 1.92. The third-order valence-corrected chi connectivity index (χ3v) is 5.14. The molecule has 1 fully saturated rings. The van der Waals surface area contributed by atoms with Crippen LogP contribution in [0.2, 0.25) is 0 Å². The topological polar surface area (TPSA) is 52.6 Å². The monoisotopic (exact) mass is 282 g/mol. The summed E-state index contributed by atoms with van der Waals surface area (Å²) >= 11 is 0. The van der Waals surface area contributed by atoms with Gasteiger partial charge < -0.3 is 9.05 Å². The molecule has 5 heteroatoms. The number of hydrogen-bond donors (Lipinski definition) is 0. The molecule has 0 bridgehead atoms. The Morgan fingerprint density at radius 1 is 1.16 bits per heavy atom. The second-order valence-electron chi connectivity index (χ2n) is 4.52. The lowest BCUT2D eigenvalue weighted by Crippen LogP contribution is -2.12. The fourth-order valence-corrected chi connectivity index (χ4v) is 3.48. The molecule has 0 aromatic heterocycles. The van der Waals surface area contributed by atoms with E-state index in [1.54, 1.807) is 38.1 Å². The maximum absolute atomic E-state index is 12.5. The van der Waals surface area contributed by atoms with Gasteiger partial charge in [0, 0.05) is 11.5 Å². The molecular formula is C14H19O4P. The van der Waals surface area contributed by atoms with Crippen LogP contribution in [-0.4, -0.2) is 19.0 Å². The van der Waals surface area contributed by atoms with Gasteiger partial charge in [0.2, 0.25) is 0 Å². The lowest BCUT2D eigenvalue weighted by Gasteiger charge is -2.17. The number of Topliss-reactive ketones (excluding diaryl/α,β-unsaturated/α-hetero) is 1. The Hall–Kier alpha value is -0.960. The van der Waals surface area contributed by atoms with E-state index in [1.165, 1.54) is 0 Å². The van der Waals surface area contributed by atoms with E-state index >= 15 is 0 Å². The van der Waals surface area contributed by atoms with Crippen molar-refractivity contribution < 1.29 is 18.4 Å². The number of rotatable bonds is 7. The Morgan fingerprint density at radius 2 is 1.68 bits per heavy atom. The molecule has 104 valence electrons. The Kier molecular flexibility index (Phi) is 4.56. The highest BCUT2D eigenvalue weighted by Crippen LogP contribution is 2.46. The van der Waals surface area contributed by atoms with E-state index in [-0.39, 0.29) is 11.7 Å². The molecule has 19 heavy (non-hydrogen) atoms. The standard InChI is InChI=1S/C14H19O4P/c1-3-17-19(16,18-4-2)13-9-7-12(8-10-13)14(15)11-5-6-11/h7-11H,3-6H2,1-2H3. The molecule has 0 heterocycles. The molecule has 0 saturated heterocycles. The van der Waals surface area contributed by atoms with Crippen LogP contribution in [-0.2, 0) is 13.6 Å². The molecule has 0 radical (unpaired) electrons. The summed E-state index contributed by atoms with van der Waals surface area (Å²) in [6.45, 7) is 4.19. The molecule has 0 spiro atoms. The molecule has 1 aliphatic carbocycles. The molecule has 1 aliphatic rings. The van der Waals surface area contributed by atoms with E-state index in [0.29, 0.717) is 24.1 Å². The van der Waals surface area contributed by atoms with Crippen molar-refractivity contribution in [1.29, 1.82) is 0 Å². The zero-order valence-electron chi connectivity index (χ0n) is 11.3. The highest BCUT2D eigenvalue weighted by Gasteiger charge is 2.31. The summed E-state index contributed by atoms with van der Waals surface area (Å²) in [5, 5.41) is 0.503. The van der Waals surface area contributed by atoms with Gasteiger partial charge in [0.25, 0.3) is 0 Å². The molecule has 2 rings (SSSR count). The van der Waals surface area contributed by atoms with Crippen molar-refractivity contribution in [3.63, 3.8) is 0 Å². The van der Waals surface area contributed by atoms with Crippen LogP contribution < -0.4 is 5.30 Å². The summed E-state index contributed by atoms with van der Waals surface area (Å²) in [5.41, 5.74) is 0.672. The predicted molar refractivity (Wildman–Crippen MR) is 74.0 cm³/mol. The van der Waals surface area contributed by atoms with Gasteiger partial charge in [-0.3, -0.25) is 9.36 Å². The first-order chi connectivity index (χ1) is 9.10. The molecule has 1 saturated carbocycles. The van der Waals surface area contributed by atoms with E-state index in [1.807, 2.05) is 0 Å². The van der Waals surface area contributed by atoms with Gasteiger partial charge in [0.1, 0.15) is 0 Å². The Bertz CT molecular complexity index is 481. The van der Waals surface area contributed by atoms with Crippen molar-refractivity contribution >= 4 is 18.7 Å². The third kappa shape index (κ3) is 3.33. The van der Waals surface area contributed by atoms with E-state index in [9.17, 15) is 9.36 Å². The minimum atomic E-state index is -3.24. The quantitative estimate of drug-likeness (QED) is 0.569. The van der Waals surface area contributed by atoms with Crippen LogP contribution in [0.15, 0.2) is 24.3 Å². The van der Waals surface area contributed by atoms with Crippen LogP contribution in [0.5, 0.6) is 0 Å². The van der Waals surface area contributed by atoms with Gasteiger partial charge in [-0.1, -0.05) is 12.1 Å². The summed E-state index contributed by atoms with van der Waals surface area (Å²) in [5.74, 6) is 0.366. The first-order valence-electron chi connectivity index (χ1n) is 6.64. The minimum absolute atomic E-state index is 0.175. The molecule has 0 atom stereocenters. The predicted octanol–water partition coefficient (Wildman–Crippen LogP) is 3.17. The summed E-state index contributed by atoms with van der Waals surface area (Å²) in [6, 6.07) is 6.75. The van der Waals surface area contributed by atoms with Gasteiger partial charge in [0.05, 0.1) is 18.5 Å². The van der Waals surface area contributed by atoms with Crippen molar-refractivity contribution in [1.82, 2.24) is 0 Å². The second-order valence-corrected chi connectivity index (χ2v) is 6.55. The highest BCUT2D eigenvalue weighted by molar-refractivity contribution is 7.62. The first-order valence-corrected chi connectivity index (χ1v) is 8.19. The van der Waals surface area contributed by atoms with Crippen LogP contribution in [0.1, 0.15) is 37.0 Å². The molecule has 0 N–H and O–H groups in total. The Morgan fingerprint density at radius 3 is 2.11 bits per heavy atom. The van der Waals surface area contributed by atoms with Gasteiger partial charge in [-0.05, 0) is 38.8 Å². The number of benzene rings is 1. The molecule has 0 aliphatic heterocycles. The second kappa shape index (κ2) is 6.00. The van der Waals surface area contributed by atoms with Crippen molar-refractivity contribution in [3.8, 4) is 0 Å². The number of carbonyl (C=O) groups is 1. The van der Waals surface area contributed by atoms with Crippen molar-refractivity contribution in [2.45, 2.75) is 26.7 Å². The lowest BCUT2D eigenvalue weighted by atomic mass is 10.1. The molecule has 0 unspecified atom stereocenters. The third-order valence-electron chi connectivity index (χ3n) is 3.01. The average molecular weight is 282 g/mol. The van der Waals surface area contributed by atoms with Crippen molar-refractivity contribution in [2.24, 2.45) is 5.92 Å². The smallest absolute Gasteiger partial charge is 0.305 e. The molecule has 1 aromatic carbocycles. The van der Waals surface area contributed by atoms with Gasteiger partial charge in [0.15, 0.2) is 5.78 Å². The van der Waals surface area contributed by atoms with Crippen LogP contribution >= 0.6 is 7.60 Å². The van der Waals surface area contributed by atoms with E-state index in [0.717, 1.165) is 12.8 Å². The van der Waals surface area contributed by atoms with Crippen LogP contribution in [0, 0.1) is 5.92 Å². The zero-order valence-corrected chi connectivity index (χ0v) is 12.2. The Balaban J connectivity index is 2.19. The first kappa shape index (κ1) is 14.4.